The maximum Gasteiger partial charge on any atom is 0.232 e. The fraction of sp³-hybridized carbons (Fsp3) is 0.273. The van der Waals surface area contributed by atoms with Gasteiger partial charge in [-0.05, 0) is 6.07 Å². The number of primary amides is 1. The molecule has 0 unspecified atom stereocenters. The van der Waals surface area contributed by atoms with E-state index in [-0.39, 0.29) is 6.07 Å². The number of rotatable bonds is 6. The summed E-state index contributed by atoms with van der Waals surface area (Å²) in [5.41, 5.74) is 4.23. The minimum absolute atomic E-state index is 0.211. The van der Waals surface area contributed by atoms with Crippen molar-refractivity contribution in [1.82, 2.24) is 4.31 Å². The Morgan fingerprint density at radius 1 is 1.24 bits per heavy atom. The summed E-state index contributed by atoms with van der Waals surface area (Å²) in [7, 11) is -4.30. The zero-order chi connectivity index (χ0) is 16.2. The van der Waals surface area contributed by atoms with Crippen molar-refractivity contribution in [2.45, 2.75) is 5.75 Å². The summed E-state index contributed by atoms with van der Waals surface area (Å²) in [6, 6.07) is 2.12. The van der Waals surface area contributed by atoms with Gasteiger partial charge < -0.3 is 5.73 Å². The molecule has 0 atom stereocenters. The molecule has 0 aliphatic rings. The summed E-state index contributed by atoms with van der Waals surface area (Å²) in [6.45, 7) is -1.46. The highest BCUT2D eigenvalue weighted by molar-refractivity contribution is 7.88. The van der Waals surface area contributed by atoms with Crippen LogP contribution >= 0.6 is 0 Å². The summed E-state index contributed by atoms with van der Waals surface area (Å²) in [5.74, 6) is -6.18. The molecule has 0 heterocycles. The van der Waals surface area contributed by atoms with Crippen LogP contribution in [-0.4, -0.2) is 31.7 Å². The van der Waals surface area contributed by atoms with E-state index in [1.54, 1.807) is 0 Å². The normalized spacial score (nSPS) is 11.4. The molecule has 0 aromatic heterocycles. The fourth-order valence-electron chi connectivity index (χ4n) is 1.47. The molecular formula is C11H10F3N3O3S. The lowest BCUT2D eigenvalue weighted by Crippen LogP contribution is -2.39. The van der Waals surface area contributed by atoms with Crippen LogP contribution in [0, 0.1) is 28.8 Å². The van der Waals surface area contributed by atoms with Gasteiger partial charge in [-0.25, -0.2) is 21.6 Å². The monoisotopic (exact) mass is 321 g/mol. The molecule has 1 amide bonds. The Hall–Kier alpha value is -2.12. The van der Waals surface area contributed by atoms with E-state index in [1.807, 2.05) is 0 Å². The maximum atomic E-state index is 13.4. The standard InChI is InChI=1S/C11H10F3N3O3S/c12-8-4-10(14)9(13)3-7(8)6-21(19,20)17(2-1-15)5-11(16)18/h3-4H,2,5-6H2,(H2,16,18). The van der Waals surface area contributed by atoms with E-state index in [2.05, 4.69) is 0 Å². The number of benzene rings is 1. The van der Waals surface area contributed by atoms with Gasteiger partial charge in [0, 0.05) is 11.6 Å². The van der Waals surface area contributed by atoms with Gasteiger partial charge in [-0.2, -0.15) is 9.57 Å². The first-order valence-electron chi connectivity index (χ1n) is 5.44. The van der Waals surface area contributed by atoms with Gasteiger partial charge in [0.2, 0.25) is 15.9 Å². The van der Waals surface area contributed by atoms with Gasteiger partial charge in [0.25, 0.3) is 0 Å². The van der Waals surface area contributed by atoms with Crippen molar-refractivity contribution >= 4 is 15.9 Å². The number of nitrogens with zero attached hydrogens (tertiary/aromatic N) is 2. The highest BCUT2D eigenvalue weighted by Gasteiger charge is 2.26. The minimum atomic E-state index is -4.30. The van der Waals surface area contributed by atoms with Crippen molar-refractivity contribution in [3.05, 3.63) is 35.1 Å². The maximum absolute atomic E-state index is 13.4. The summed E-state index contributed by atoms with van der Waals surface area (Å²) >= 11 is 0. The number of halogens is 3. The molecule has 6 nitrogen and oxygen atoms in total. The lowest BCUT2D eigenvalue weighted by atomic mass is 10.2. The topological polar surface area (TPSA) is 104 Å². The van der Waals surface area contributed by atoms with Crippen LogP contribution in [0.1, 0.15) is 5.56 Å². The van der Waals surface area contributed by atoms with Gasteiger partial charge in [0.1, 0.15) is 12.4 Å². The lowest BCUT2D eigenvalue weighted by molar-refractivity contribution is -0.118. The molecule has 0 spiro atoms. The van der Waals surface area contributed by atoms with Crippen LogP contribution in [0.5, 0.6) is 0 Å². The van der Waals surface area contributed by atoms with Gasteiger partial charge in [0.15, 0.2) is 11.6 Å². The highest BCUT2D eigenvalue weighted by Crippen LogP contribution is 2.18. The van der Waals surface area contributed by atoms with Crippen LogP contribution in [0.15, 0.2) is 12.1 Å². The van der Waals surface area contributed by atoms with Gasteiger partial charge in [-0.1, -0.05) is 0 Å². The Morgan fingerprint density at radius 2 is 1.81 bits per heavy atom. The molecule has 0 bridgehead atoms. The molecule has 1 aromatic rings. The Balaban J connectivity index is 3.11. The Morgan fingerprint density at radius 3 is 2.33 bits per heavy atom. The predicted octanol–water partition coefficient (Wildman–Crippen LogP) is 0.245. The van der Waals surface area contributed by atoms with E-state index < -0.39 is 57.8 Å². The molecule has 114 valence electrons. The number of nitriles is 1. The molecule has 1 aromatic carbocycles. The summed E-state index contributed by atoms with van der Waals surface area (Å²) in [4.78, 5) is 10.8. The fourth-order valence-corrected chi connectivity index (χ4v) is 2.84. The zero-order valence-corrected chi connectivity index (χ0v) is 11.3. The van der Waals surface area contributed by atoms with E-state index >= 15 is 0 Å². The van der Waals surface area contributed by atoms with Crippen LogP contribution in [0.4, 0.5) is 13.2 Å². The number of amides is 1. The quantitative estimate of drug-likeness (QED) is 0.599. The second kappa shape index (κ2) is 6.55. The third-order valence-electron chi connectivity index (χ3n) is 2.40. The van der Waals surface area contributed by atoms with Crippen LogP contribution in [-0.2, 0) is 20.6 Å². The molecule has 0 saturated carbocycles. The van der Waals surface area contributed by atoms with E-state index in [9.17, 15) is 26.4 Å². The SMILES string of the molecule is N#CCN(CC(N)=O)S(=O)(=O)Cc1cc(F)c(F)cc1F. The number of nitrogens with two attached hydrogens (primary N) is 1. The summed E-state index contributed by atoms with van der Waals surface area (Å²) in [6.07, 6.45) is 0. The van der Waals surface area contributed by atoms with Gasteiger partial charge in [-0.3, -0.25) is 4.79 Å². The van der Waals surface area contributed by atoms with Crippen molar-refractivity contribution in [2.75, 3.05) is 13.1 Å². The molecule has 0 radical (unpaired) electrons. The Kier molecular flexibility index (Phi) is 5.28. The molecule has 0 aliphatic heterocycles. The Labute approximate surface area is 118 Å². The second-order valence-corrected chi connectivity index (χ2v) is 5.98. The van der Waals surface area contributed by atoms with E-state index in [0.717, 1.165) is 0 Å². The van der Waals surface area contributed by atoms with Crippen molar-refractivity contribution in [1.29, 1.82) is 5.26 Å². The smallest absolute Gasteiger partial charge is 0.232 e. The van der Waals surface area contributed by atoms with Gasteiger partial charge in [-0.15, -0.1) is 0 Å². The lowest BCUT2D eigenvalue weighted by Gasteiger charge is -2.17. The van der Waals surface area contributed by atoms with Gasteiger partial charge >= 0.3 is 0 Å². The molecule has 0 aliphatic carbocycles. The largest absolute Gasteiger partial charge is 0.369 e. The number of carbonyl (C=O) groups is 1. The highest BCUT2D eigenvalue weighted by atomic mass is 32.2. The third-order valence-corrected chi connectivity index (χ3v) is 4.12. The minimum Gasteiger partial charge on any atom is -0.369 e. The van der Waals surface area contributed by atoms with Gasteiger partial charge in [0.05, 0.1) is 18.4 Å². The average Bonchev–Trinajstić information content (AvgIpc) is 2.34. The molecule has 10 heteroatoms. The number of carbonyl (C=O) groups excluding carboxylic acids is 1. The molecule has 2 N–H and O–H groups in total. The summed E-state index contributed by atoms with van der Waals surface area (Å²) < 4.78 is 63.6. The molecule has 0 fully saturated rings. The van der Waals surface area contributed by atoms with Crippen molar-refractivity contribution < 1.29 is 26.4 Å². The van der Waals surface area contributed by atoms with Crippen LogP contribution in [0.2, 0.25) is 0 Å². The first-order valence-corrected chi connectivity index (χ1v) is 7.04. The zero-order valence-electron chi connectivity index (χ0n) is 10.5. The number of sulfonamides is 1. The van der Waals surface area contributed by atoms with E-state index in [0.29, 0.717) is 10.4 Å². The average molecular weight is 321 g/mol. The van der Waals surface area contributed by atoms with E-state index in [1.165, 1.54) is 6.07 Å². The first-order chi connectivity index (χ1) is 9.67. The summed E-state index contributed by atoms with van der Waals surface area (Å²) in [5, 5.41) is 8.52. The predicted molar refractivity (Wildman–Crippen MR) is 65.3 cm³/mol. The van der Waals surface area contributed by atoms with Crippen LogP contribution < -0.4 is 5.73 Å². The van der Waals surface area contributed by atoms with E-state index in [4.69, 9.17) is 11.0 Å². The van der Waals surface area contributed by atoms with Crippen molar-refractivity contribution in [3.8, 4) is 6.07 Å². The van der Waals surface area contributed by atoms with Crippen molar-refractivity contribution in [3.63, 3.8) is 0 Å². The van der Waals surface area contributed by atoms with Crippen molar-refractivity contribution in [2.24, 2.45) is 5.73 Å². The first kappa shape index (κ1) is 16.9. The second-order valence-electron chi connectivity index (χ2n) is 4.01. The number of hydrogen-bond donors (Lipinski definition) is 1. The molecule has 21 heavy (non-hydrogen) atoms. The third kappa shape index (κ3) is 4.44. The van der Waals surface area contributed by atoms with Crippen LogP contribution in [0.25, 0.3) is 0 Å². The number of hydrogen-bond acceptors (Lipinski definition) is 4. The Bertz CT molecular complexity index is 701. The molecule has 1 rings (SSSR count). The van der Waals surface area contributed by atoms with Crippen LogP contribution in [0.3, 0.4) is 0 Å². The molecule has 0 saturated heterocycles. The molecular weight excluding hydrogens is 311 g/mol.